The fraction of sp³-hybridized carbons (Fsp3) is 0.111. The topological polar surface area (TPSA) is 75.1 Å². The van der Waals surface area contributed by atoms with E-state index in [1.54, 1.807) is 18.2 Å². The average Bonchev–Trinajstić information content (AvgIpc) is 2.53. The van der Waals surface area contributed by atoms with Gasteiger partial charge in [0.2, 0.25) is 0 Å². The molecule has 0 atom stereocenters. The SMILES string of the molecule is O=C(S)NCc1ccc2[nH]c(=O)oc2c1. The minimum absolute atomic E-state index is 0.354. The Bertz CT molecular complexity index is 558. The number of fused-ring (bicyclic) bond motifs is 1. The summed E-state index contributed by atoms with van der Waals surface area (Å²) in [6, 6.07) is 5.20. The molecule has 1 amide bonds. The van der Waals surface area contributed by atoms with Crippen molar-refractivity contribution in [3.63, 3.8) is 0 Å². The molecule has 2 N–H and O–H groups in total. The highest BCUT2D eigenvalue weighted by molar-refractivity contribution is 7.96. The second kappa shape index (κ2) is 3.82. The summed E-state index contributed by atoms with van der Waals surface area (Å²) in [7, 11) is 0. The minimum atomic E-state index is -0.486. The van der Waals surface area contributed by atoms with Crippen molar-refractivity contribution in [2.24, 2.45) is 0 Å². The quantitative estimate of drug-likeness (QED) is 0.672. The van der Waals surface area contributed by atoms with Gasteiger partial charge in [0.25, 0.3) is 5.24 Å². The molecule has 0 radical (unpaired) electrons. The first-order chi connectivity index (χ1) is 7.15. The van der Waals surface area contributed by atoms with Crippen LogP contribution in [0.4, 0.5) is 4.79 Å². The molecule has 0 aliphatic heterocycles. The van der Waals surface area contributed by atoms with Crippen molar-refractivity contribution < 1.29 is 9.21 Å². The molecule has 1 heterocycles. The minimum Gasteiger partial charge on any atom is -0.408 e. The van der Waals surface area contributed by atoms with Gasteiger partial charge in [-0.25, -0.2) is 4.79 Å². The number of amides is 1. The van der Waals surface area contributed by atoms with Gasteiger partial charge in [-0.1, -0.05) is 18.7 Å². The molecule has 15 heavy (non-hydrogen) atoms. The van der Waals surface area contributed by atoms with Gasteiger partial charge in [-0.2, -0.15) is 0 Å². The first kappa shape index (κ1) is 9.85. The fourth-order valence-electron chi connectivity index (χ4n) is 1.28. The monoisotopic (exact) mass is 224 g/mol. The molecular weight excluding hydrogens is 216 g/mol. The number of oxazole rings is 1. The van der Waals surface area contributed by atoms with E-state index in [0.29, 0.717) is 17.6 Å². The molecule has 2 rings (SSSR count). The fourth-order valence-corrected chi connectivity index (χ4v) is 1.36. The number of H-pyrrole nitrogens is 1. The smallest absolute Gasteiger partial charge is 0.408 e. The van der Waals surface area contributed by atoms with Crippen molar-refractivity contribution in [2.75, 3.05) is 0 Å². The third-order valence-corrected chi connectivity index (χ3v) is 2.09. The van der Waals surface area contributed by atoms with E-state index in [-0.39, 0.29) is 0 Å². The van der Waals surface area contributed by atoms with Gasteiger partial charge in [0.05, 0.1) is 5.52 Å². The molecule has 0 unspecified atom stereocenters. The number of rotatable bonds is 2. The van der Waals surface area contributed by atoms with E-state index in [1.807, 2.05) is 0 Å². The Kier molecular flexibility index (Phi) is 2.51. The van der Waals surface area contributed by atoms with Crippen molar-refractivity contribution in [2.45, 2.75) is 6.54 Å². The summed E-state index contributed by atoms with van der Waals surface area (Å²) in [5.74, 6) is -0.486. The summed E-state index contributed by atoms with van der Waals surface area (Å²) in [6.45, 7) is 0.354. The maximum Gasteiger partial charge on any atom is 0.417 e. The van der Waals surface area contributed by atoms with Gasteiger partial charge in [0.15, 0.2) is 5.58 Å². The van der Waals surface area contributed by atoms with E-state index in [4.69, 9.17) is 4.42 Å². The normalized spacial score (nSPS) is 10.5. The third kappa shape index (κ3) is 2.21. The van der Waals surface area contributed by atoms with Crippen molar-refractivity contribution in [1.29, 1.82) is 0 Å². The predicted octanol–water partition coefficient (Wildman–Crippen LogP) is 1.26. The third-order valence-electron chi connectivity index (χ3n) is 1.93. The molecular formula is C9H8N2O3S. The molecule has 0 aliphatic carbocycles. The van der Waals surface area contributed by atoms with Crippen molar-refractivity contribution in [1.82, 2.24) is 10.3 Å². The predicted molar refractivity (Wildman–Crippen MR) is 58.1 cm³/mol. The zero-order chi connectivity index (χ0) is 10.8. The van der Waals surface area contributed by atoms with E-state index in [1.165, 1.54) is 0 Å². The maximum atomic E-state index is 10.9. The number of hydrogen-bond acceptors (Lipinski definition) is 3. The van der Waals surface area contributed by atoms with Crippen LogP contribution >= 0.6 is 12.6 Å². The van der Waals surface area contributed by atoms with Crippen LogP contribution in [0.5, 0.6) is 0 Å². The molecule has 1 aromatic carbocycles. The van der Waals surface area contributed by atoms with Crippen molar-refractivity contribution in [3.05, 3.63) is 34.3 Å². The molecule has 0 saturated heterocycles. The Morgan fingerprint density at radius 1 is 1.53 bits per heavy atom. The highest BCUT2D eigenvalue weighted by atomic mass is 32.1. The summed E-state index contributed by atoms with van der Waals surface area (Å²) >= 11 is 3.58. The molecule has 0 saturated carbocycles. The van der Waals surface area contributed by atoms with E-state index in [9.17, 15) is 9.59 Å². The molecule has 0 bridgehead atoms. The van der Waals surface area contributed by atoms with Crippen molar-refractivity contribution in [3.8, 4) is 0 Å². The maximum absolute atomic E-state index is 10.9. The van der Waals surface area contributed by atoms with Crippen LogP contribution in [0.15, 0.2) is 27.4 Å². The molecule has 1 aromatic heterocycles. The molecule has 0 fully saturated rings. The lowest BCUT2D eigenvalue weighted by Gasteiger charge is -2.00. The van der Waals surface area contributed by atoms with E-state index >= 15 is 0 Å². The number of aromatic nitrogens is 1. The Balaban J connectivity index is 2.30. The lowest BCUT2D eigenvalue weighted by atomic mass is 10.2. The van der Waals surface area contributed by atoms with Gasteiger partial charge < -0.3 is 9.73 Å². The van der Waals surface area contributed by atoms with Crippen LogP contribution in [0, 0.1) is 0 Å². The van der Waals surface area contributed by atoms with Crippen LogP contribution in [-0.4, -0.2) is 10.2 Å². The number of carbonyl (C=O) groups is 1. The summed E-state index contributed by atoms with van der Waals surface area (Å²) in [4.78, 5) is 23.9. The second-order valence-electron chi connectivity index (χ2n) is 3.00. The van der Waals surface area contributed by atoms with Gasteiger partial charge in [0, 0.05) is 6.54 Å². The van der Waals surface area contributed by atoms with Gasteiger partial charge in [-0.15, -0.1) is 0 Å². The molecule has 0 spiro atoms. The van der Waals surface area contributed by atoms with Crippen molar-refractivity contribution >= 4 is 29.0 Å². The van der Waals surface area contributed by atoms with E-state index in [2.05, 4.69) is 22.9 Å². The summed E-state index contributed by atoms with van der Waals surface area (Å²) in [5.41, 5.74) is 1.96. The van der Waals surface area contributed by atoms with Crippen LogP contribution in [0.2, 0.25) is 0 Å². The number of nitrogens with one attached hydrogen (secondary N) is 2. The summed E-state index contributed by atoms with van der Waals surface area (Å²) in [5, 5.41) is 2.13. The van der Waals surface area contributed by atoms with Crippen LogP contribution < -0.4 is 11.1 Å². The van der Waals surface area contributed by atoms with Crippen LogP contribution in [0.25, 0.3) is 11.1 Å². The number of aromatic amines is 1. The highest BCUT2D eigenvalue weighted by Crippen LogP contribution is 2.12. The average molecular weight is 224 g/mol. The molecule has 78 valence electrons. The lowest BCUT2D eigenvalue weighted by molar-refractivity contribution is 0.260. The Morgan fingerprint density at radius 2 is 2.33 bits per heavy atom. The zero-order valence-electron chi connectivity index (χ0n) is 7.61. The molecule has 5 nitrogen and oxygen atoms in total. The number of carbonyl (C=O) groups excluding carboxylic acids is 1. The first-order valence-electron chi connectivity index (χ1n) is 4.24. The van der Waals surface area contributed by atoms with E-state index < -0.39 is 11.0 Å². The number of hydrogen-bond donors (Lipinski definition) is 3. The molecule has 2 aromatic rings. The van der Waals surface area contributed by atoms with E-state index in [0.717, 1.165) is 5.56 Å². The number of benzene rings is 1. The van der Waals surface area contributed by atoms with Gasteiger partial charge >= 0.3 is 5.76 Å². The molecule has 6 heteroatoms. The Hall–Kier alpha value is -1.69. The van der Waals surface area contributed by atoms with Gasteiger partial charge in [0.1, 0.15) is 0 Å². The standard InChI is InChI=1S/C9H8N2O3S/c12-8-11-6-2-1-5(3-7(6)14-8)4-10-9(13)15/h1-3H,4H2,(H,11,12)(H2,10,13,15). The summed E-state index contributed by atoms with van der Waals surface area (Å²) < 4.78 is 4.87. The first-order valence-corrected chi connectivity index (χ1v) is 4.68. The second-order valence-corrected chi connectivity index (χ2v) is 3.41. The van der Waals surface area contributed by atoms with Crippen LogP contribution in [0.3, 0.4) is 0 Å². The Labute approximate surface area is 89.9 Å². The lowest BCUT2D eigenvalue weighted by Crippen LogP contribution is -2.15. The van der Waals surface area contributed by atoms with Gasteiger partial charge in [-0.3, -0.25) is 9.78 Å². The highest BCUT2D eigenvalue weighted by Gasteiger charge is 2.02. The van der Waals surface area contributed by atoms with Gasteiger partial charge in [-0.05, 0) is 17.7 Å². The largest absolute Gasteiger partial charge is 0.417 e. The molecule has 0 aliphatic rings. The zero-order valence-corrected chi connectivity index (χ0v) is 8.51. The van der Waals surface area contributed by atoms with Crippen LogP contribution in [0.1, 0.15) is 5.56 Å². The summed E-state index contributed by atoms with van der Waals surface area (Å²) in [6.07, 6.45) is 0. The number of thiol groups is 1. The van der Waals surface area contributed by atoms with Crippen LogP contribution in [-0.2, 0) is 6.54 Å². The Morgan fingerprint density at radius 3 is 3.07 bits per heavy atom.